The number of nitrogens with zero attached hydrogens (tertiary/aromatic N) is 2. The Kier molecular flexibility index (Phi) is 6.67. The third kappa shape index (κ3) is 4.61. The van der Waals surface area contributed by atoms with E-state index in [4.69, 9.17) is 0 Å². The lowest BCUT2D eigenvalue weighted by atomic mass is 9.95. The molecule has 2 aliphatic rings. The topological polar surface area (TPSA) is 178 Å². The molecular formula is C24H26N4O8S. The monoisotopic (exact) mass is 530 g/mol. The Morgan fingerprint density at radius 2 is 1.78 bits per heavy atom. The number of carbonyl (C=O) groups is 4. The molecule has 2 saturated heterocycles. The van der Waals surface area contributed by atoms with Crippen molar-refractivity contribution in [2.24, 2.45) is 0 Å². The number of carboxylic acids is 1. The first-order valence-corrected chi connectivity index (χ1v) is 12.3. The smallest absolute Gasteiger partial charge is 0.327 e. The number of phenolic OH excluding ortho intramolecular Hbond substituents is 1. The molecule has 0 saturated carbocycles. The lowest BCUT2D eigenvalue weighted by molar-refractivity contribution is -0.161. The highest BCUT2D eigenvalue weighted by molar-refractivity contribution is 8.01. The Morgan fingerprint density at radius 1 is 1.14 bits per heavy atom. The first kappa shape index (κ1) is 26.1. The fraction of sp³-hybridized carbons (Fsp3) is 0.375. The highest BCUT2D eigenvalue weighted by atomic mass is 32.2. The molecule has 5 N–H and O–H groups in total. The van der Waals surface area contributed by atoms with E-state index in [1.54, 1.807) is 20.8 Å². The van der Waals surface area contributed by atoms with Gasteiger partial charge in [-0.3, -0.25) is 19.2 Å². The SMILES string of the molecule is CCn1cc(C(=O)NC(C(=O)N[C@@H]2C(=O)N3[C@@H]2SC(C)(C)[C@@H]3C(=O)O)c2ccc(O)cc2)c(O)cc1=O. The second kappa shape index (κ2) is 9.47. The van der Waals surface area contributed by atoms with Gasteiger partial charge in [0.1, 0.15) is 35.0 Å². The summed E-state index contributed by atoms with van der Waals surface area (Å²) in [4.78, 5) is 64.2. The summed E-state index contributed by atoms with van der Waals surface area (Å²) in [7, 11) is 0. The van der Waals surface area contributed by atoms with E-state index in [1.807, 2.05) is 0 Å². The largest absolute Gasteiger partial charge is 0.508 e. The zero-order chi connectivity index (χ0) is 27.2. The van der Waals surface area contributed by atoms with Crippen LogP contribution in [0.2, 0.25) is 0 Å². The molecule has 4 atom stereocenters. The summed E-state index contributed by atoms with van der Waals surface area (Å²) in [5.74, 6) is -3.93. The summed E-state index contributed by atoms with van der Waals surface area (Å²) in [5.41, 5.74) is -0.464. The zero-order valence-corrected chi connectivity index (χ0v) is 21.0. The molecule has 196 valence electrons. The molecule has 0 spiro atoms. The summed E-state index contributed by atoms with van der Waals surface area (Å²) in [6.07, 6.45) is 1.18. The second-order valence-electron chi connectivity index (χ2n) is 9.28. The van der Waals surface area contributed by atoms with E-state index < -0.39 is 63.2 Å². The van der Waals surface area contributed by atoms with E-state index in [0.717, 1.165) is 6.07 Å². The predicted octanol–water partition coefficient (Wildman–Crippen LogP) is 0.382. The average molecular weight is 531 g/mol. The maximum absolute atomic E-state index is 13.4. The Labute approximate surface area is 215 Å². The zero-order valence-electron chi connectivity index (χ0n) is 20.2. The van der Waals surface area contributed by atoms with Crippen LogP contribution in [-0.2, 0) is 20.9 Å². The molecule has 1 unspecified atom stereocenters. The number of phenols is 1. The minimum atomic E-state index is -1.34. The molecule has 3 amide bonds. The number of nitrogens with one attached hydrogen (secondary N) is 2. The Hall–Kier alpha value is -4.00. The van der Waals surface area contributed by atoms with E-state index in [2.05, 4.69) is 10.6 Å². The summed E-state index contributed by atoms with van der Waals surface area (Å²) in [6, 6.07) is 2.96. The Morgan fingerprint density at radius 3 is 2.38 bits per heavy atom. The van der Waals surface area contributed by atoms with Gasteiger partial charge in [0, 0.05) is 23.6 Å². The highest BCUT2D eigenvalue weighted by Crippen LogP contribution is 2.50. The van der Waals surface area contributed by atoms with E-state index >= 15 is 0 Å². The fourth-order valence-electron chi connectivity index (χ4n) is 4.54. The predicted molar refractivity (Wildman–Crippen MR) is 132 cm³/mol. The van der Waals surface area contributed by atoms with Crippen molar-refractivity contribution in [3.05, 3.63) is 58.0 Å². The number of carbonyl (C=O) groups excluding carboxylic acids is 3. The second-order valence-corrected chi connectivity index (χ2v) is 11.0. The number of benzene rings is 1. The number of aliphatic carboxylic acids is 1. The van der Waals surface area contributed by atoms with Crippen LogP contribution in [0.15, 0.2) is 41.3 Å². The molecule has 12 nitrogen and oxygen atoms in total. The van der Waals surface area contributed by atoms with Gasteiger partial charge in [-0.25, -0.2) is 4.79 Å². The van der Waals surface area contributed by atoms with Gasteiger partial charge in [-0.2, -0.15) is 0 Å². The van der Waals surface area contributed by atoms with E-state index in [0.29, 0.717) is 0 Å². The number of β-lactam (4-membered cyclic amide) rings is 1. The lowest BCUT2D eigenvalue weighted by Crippen LogP contribution is -2.71. The number of hydrogen-bond donors (Lipinski definition) is 5. The molecular weight excluding hydrogens is 504 g/mol. The number of aromatic nitrogens is 1. The molecule has 4 rings (SSSR count). The molecule has 1 aromatic carbocycles. The van der Waals surface area contributed by atoms with Crippen LogP contribution in [0.1, 0.15) is 42.7 Å². The van der Waals surface area contributed by atoms with Crippen molar-refractivity contribution < 1.29 is 34.5 Å². The third-order valence-corrected chi connectivity index (χ3v) is 8.00. The van der Waals surface area contributed by atoms with Crippen LogP contribution in [-0.4, -0.2) is 70.7 Å². The molecule has 2 aromatic rings. The Bertz CT molecular complexity index is 1340. The molecule has 0 bridgehead atoms. The van der Waals surface area contributed by atoms with Gasteiger partial charge in [-0.15, -0.1) is 11.8 Å². The van der Waals surface area contributed by atoms with Crippen molar-refractivity contribution in [3.63, 3.8) is 0 Å². The number of pyridine rings is 1. The number of rotatable bonds is 7. The Balaban J connectivity index is 1.60. The van der Waals surface area contributed by atoms with E-state index in [9.17, 15) is 39.3 Å². The van der Waals surface area contributed by atoms with Crippen molar-refractivity contribution in [2.45, 2.75) is 55.6 Å². The third-order valence-electron chi connectivity index (χ3n) is 6.43. The minimum Gasteiger partial charge on any atom is -0.508 e. The number of carboxylic acid groups (broad SMARTS) is 1. The number of fused-ring (bicyclic) bond motifs is 1. The van der Waals surface area contributed by atoms with E-state index in [-0.39, 0.29) is 23.4 Å². The minimum absolute atomic E-state index is 0.0731. The maximum atomic E-state index is 13.4. The van der Waals surface area contributed by atoms with Crippen molar-refractivity contribution in [2.75, 3.05) is 0 Å². The van der Waals surface area contributed by atoms with Crippen molar-refractivity contribution >= 4 is 35.5 Å². The number of aromatic hydroxyl groups is 2. The van der Waals surface area contributed by atoms with Gasteiger partial charge in [-0.05, 0) is 38.5 Å². The summed E-state index contributed by atoms with van der Waals surface area (Å²) < 4.78 is 0.430. The van der Waals surface area contributed by atoms with Crippen molar-refractivity contribution in [1.82, 2.24) is 20.1 Å². The van der Waals surface area contributed by atoms with Gasteiger partial charge >= 0.3 is 5.97 Å². The van der Waals surface area contributed by atoms with Gasteiger partial charge in [0.15, 0.2) is 0 Å². The molecule has 2 fully saturated rings. The fourth-order valence-corrected chi connectivity index (χ4v) is 6.17. The van der Waals surface area contributed by atoms with Crippen LogP contribution in [0.5, 0.6) is 11.5 Å². The van der Waals surface area contributed by atoms with Crippen LogP contribution in [0, 0.1) is 0 Å². The molecule has 0 aliphatic carbocycles. The van der Waals surface area contributed by atoms with Gasteiger partial charge in [0.25, 0.3) is 11.5 Å². The van der Waals surface area contributed by atoms with E-state index in [1.165, 1.54) is 51.7 Å². The van der Waals surface area contributed by atoms with Crippen LogP contribution >= 0.6 is 11.8 Å². The van der Waals surface area contributed by atoms with Crippen molar-refractivity contribution in [1.29, 1.82) is 0 Å². The summed E-state index contributed by atoms with van der Waals surface area (Å²) in [5, 5.41) is 34.0. The maximum Gasteiger partial charge on any atom is 0.327 e. The summed E-state index contributed by atoms with van der Waals surface area (Å²) >= 11 is 1.26. The number of amides is 3. The highest BCUT2D eigenvalue weighted by Gasteiger charge is 2.64. The molecule has 13 heteroatoms. The normalized spacial score (nSPS) is 22.5. The van der Waals surface area contributed by atoms with Gasteiger partial charge in [0.2, 0.25) is 11.8 Å². The molecule has 1 aromatic heterocycles. The van der Waals surface area contributed by atoms with Crippen LogP contribution < -0.4 is 16.2 Å². The molecule has 3 heterocycles. The number of hydrogen-bond acceptors (Lipinski definition) is 8. The molecule has 37 heavy (non-hydrogen) atoms. The number of aryl methyl sites for hydroxylation is 1. The van der Waals surface area contributed by atoms with Crippen LogP contribution in [0.4, 0.5) is 0 Å². The number of thioether (sulfide) groups is 1. The van der Waals surface area contributed by atoms with Crippen LogP contribution in [0.25, 0.3) is 0 Å². The average Bonchev–Trinajstić information content (AvgIpc) is 3.09. The van der Waals surface area contributed by atoms with Gasteiger partial charge in [0.05, 0.1) is 5.56 Å². The van der Waals surface area contributed by atoms with Crippen LogP contribution in [0.3, 0.4) is 0 Å². The standard InChI is InChI=1S/C24H26N4O8S/c1-4-27-10-13(14(30)9-15(27)31)19(32)25-16(11-5-7-12(29)8-6-11)20(33)26-17-21(34)28-18(23(35)36)24(2,3)37-22(17)28/h5-10,16-18,22,29-30H,4H2,1-3H3,(H,25,32)(H,26,33)(H,35,36)/t16?,17-,18+,22-/m1/s1. The summed E-state index contributed by atoms with van der Waals surface area (Å²) in [6.45, 7) is 5.35. The van der Waals surface area contributed by atoms with Gasteiger partial charge < -0.3 is 35.4 Å². The van der Waals surface area contributed by atoms with Gasteiger partial charge in [-0.1, -0.05) is 12.1 Å². The molecule has 0 radical (unpaired) electrons. The lowest BCUT2D eigenvalue weighted by Gasteiger charge is -2.44. The quantitative estimate of drug-likeness (QED) is 0.317. The van der Waals surface area contributed by atoms with Crippen molar-refractivity contribution in [3.8, 4) is 11.5 Å². The first-order chi connectivity index (χ1) is 17.4. The molecule has 2 aliphatic heterocycles. The first-order valence-electron chi connectivity index (χ1n) is 11.4.